The van der Waals surface area contributed by atoms with Gasteiger partial charge in [-0.3, -0.25) is 0 Å². The molecule has 2 nitrogen and oxygen atoms in total. The van der Waals surface area contributed by atoms with Crippen LogP contribution in [0.3, 0.4) is 0 Å². The van der Waals surface area contributed by atoms with Crippen LogP contribution >= 0.6 is 0 Å². The van der Waals surface area contributed by atoms with Gasteiger partial charge >= 0.3 is 0 Å². The van der Waals surface area contributed by atoms with Crippen LogP contribution in [0.2, 0.25) is 0 Å². The predicted octanol–water partition coefficient (Wildman–Crippen LogP) is 1.81. The SMILES string of the molecule is CN1c2ccccc2C=NC1F. The largest absolute Gasteiger partial charge is 0.326 e. The summed E-state index contributed by atoms with van der Waals surface area (Å²) in [4.78, 5) is 5.20. The second-order valence-electron chi connectivity index (χ2n) is 2.76. The van der Waals surface area contributed by atoms with Crippen LogP contribution in [0.15, 0.2) is 29.3 Å². The van der Waals surface area contributed by atoms with Crippen molar-refractivity contribution in [3.05, 3.63) is 29.8 Å². The Hall–Kier alpha value is -1.38. The van der Waals surface area contributed by atoms with Crippen molar-refractivity contribution in [2.24, 2.45) is 4.99 Å². The fourth-order valence-corrected chi connectivity index (χ4v) is 1.27. The lowest BCUT2D eigenvalue weighted by Gasteiger charge is -2.25. The summed E-state index contributed by atoms with van der Waals surface area (Å²) < 4.78 is 13.0. The summed E-state index contributed by atoms with van der Waals surface area (Å²) in [7, 11) is 1.69. The minimum absolute atomic E-state index is 0.889. The molecule has 0 aliphatic carbocycles. The van der Waals surface area contributed by atoms with E-state index in [0.717, 1.165) is 11.3 Å². The second kappa shape index (κ2) is 2.59. The normalized spacial score (nSPS) is 20.8. The molecule has 12 heavy (non-hydrogen) atoms. The molecule has 0 fully saturated rings. The lowest BCUT2D eigenvalue weighted by atomic mass is 10.1. The summed E-state index contributed by atoms with van der Waals surface area (Å²) in [5.74, 6) is 0. The summed E-state index contributed by atoms with van der Waals surface area (Å²) in [6.07, 6.45) is 0.333. The molecule has 0 saturated carbocycles. The third kappa shape index (κ3) is 0.978. The van der Waals surface area contributed by atoms with Gasteiger partial charge in [0.25, 0.3) is 6.42 Å². The van der Waals surface area contributed by atoms with Crippen LogP contribution in [0.5, 0.6) is 0 Å². The summed E-state index contributed by atoms with van der Waals surface area (Å²) in [5.41, 5.74) is 1.86. The van der Waals surface area contributed by atoms with Gasteiger partial charge in [-0.1, -0.05) is 18.2 Å². The molecule has 0 aromatic heterocycles. The number of anilines is 1. The topological polar surface area (TPSA) is 15.6 Å². The van der Waals surface area contributed by atoms with E-state index in [4.69, 9.17) is 0 Å². The Balaban J connectivity index is 2.52. The standard InChI is InChI=1S/C9H9FN2/c1-12-8-5-3-2-4-7(8)6-11-9(12)10/h2-6,9H,1H3. The molecule has 0 amide bonds. The molecule has 1 aromatic carbocycles. The predicted molar refractivity (Wildman–Crippen MR) is 47.3 cm³/mol. The van der Waals surface area contributed by atoms with E-state index in [1.807, 2.05) is 24.3 Å². The van der Waals surface area contributed by atoms with E-state index in [1.54, 1.807) is 13.3 Å². The number of fused-ring (bicyclic) bond motifs is 1. The zero-order valence-electron chi connectivity index (χ0n) is 6.74. The molecule has 0 radical (unpaired) electrons. The van der Waals surface area contributed by atoms with Gasteiger partial charge in [0.15, 0.2) is 0 Å². The zero-order chi connectivity index (χ0) is 8.55. The Bertz CT molecular complexity index is 322. The molecule has 0 N–H and O–H groups in total. The van der Waals surface area contributed by atoms with Crippen molar-refractivity contribution in [3.63, 3.8) is 0 Å². The van der Waals surface area contributed by atoms with Crippen molar-refractivity contribution in [2.75, 3.05) is 11.9 Å². The molecule has 1 unspecified atom stereocenters. The van der Waals surface area contributed by atoms with Crippen LogP contribution in [0.25, 0.3) is 0 Å². The molecule has 1 aliphatic rings. The Morgan fingerprint density at radius 1 is 1.42 bits per heavy atom. The van der Waals surface area contributed by atoms with Crippen LogP contribution in [0.4, 0.5) is 10.1 Å². The van der Waals surface area contributed by atoms with Crippen LogP contribution in [0.1, 0.15) is 5.56 Å². The summed E-state index contributed by atoms with van der Waals surface area (Å²) >= 11 is 0. The van der Waals surface area contributed by atoms with Crippen molar-refractivity contribution in [2.45, 2.75) is 6.42 Å². The molecule has 1 aliphatic heterocycles. The third-order valence-corrected chi connectivity index (χ3v) is 1.97. The molecule has 0 bridgehead atoms. The fraction of sp³-hybridized carbons (Fsp3) is 0.222. The molecular weight excluding hydrogens is 155 g/mol. The van der Waals surface area contributed by atoms with Crippen molar-refractivity contribution < 1.29 is 4.39 Å². The van der Waals surface area contributed by atoms with Crippen molar-refractivity contribution in [1.82, 2.24) is 0 Å². The average Bonchev–Trinajstić information content (AvgIpc) is 2.12. The molecule has 3 heteroatoms. The monoisotopic (exact) mass is 164 g/mol. The van der Waals surface area contributed by atoms with E-state index in [1.165, 1.54) is 4.90 Å². The third-order valence-electron chi connectivity index (χ3n) is 1.97. The quantitative estimate of drug-likeness (QED) is 0.534. The Kier molecular flexibility index (Phi) is 1.57. The number of nitrogens with zero attached hydrogens (tertiary/aromatic N) is 2. The highest BCUT2D eigenvalue weighted by Gasteiger charge is 2.17. The minimum atomic E-state index is -1.24. The van der Waals surface area contributed by atoms with E-state index >= 15 is 0 Å². The van der Waals surface area contributed by atoms with E-state index in [9.17, 15) is 4.39 Å². The smallest absolute Gasteiger partial charge is 0.266 e. The Morgan fingerprint density at radius 3 is 3.00 bits per heavy atom. The van der Waals surface area contributed by atoms with Crippen LogP contribution in [-0.2, 0) is 0 Å². The van der Waals surface area contributed by atoms with E-state index < -0.39 is 6.42 Å². The summed E-state index contributed by atoms with van der Waals surface area (Å²) in [6, 6.07) is 7.60. The van der Waals surface area contributed by atoms with Gasteiger partial charge in [0, 0.05) is 24.5 Å². The van der Waals surface area contributed by atoms with Crippen LogP contribution in [-0.4, -0.2) is 19.7 Å². The Morgan fingerprint density at radius 2 is 2.17 bits per heavy atom. The first-order chi connectivity index (χ1) is 5.79. The van der Waals surface area contributed by atoms with Gasteiger partial charge in [-0.25, -0.2) is 4.99 Å². The highest BCUT2D eigenvalue weighted by atomic mass is 19.1. The van der Waals surface area contributed by atoms with E-state index in [2.05, 4.69) is 4.99 Å². The lowest BCUT2D eigenvalue weighted by molar-refractivity contribution is 0.342. The fourth-order valence-electron chi connectivity index (χ4n) is 1.27. The number of alkyl halides is 1. The van der Waals surface area contributed by atoms with E-state index in [-0.39, 0.29) is 0 Å². The molecule has 62 valence electrons. The van der Waals surface area contributed by atoms with Crippen molar-refractivity contribution in [1.29, 1.82) is 0 Å². The maximum Gasteiger partial charge on any atom is 0.266 e. The molecule has 1 aromatic rings. The lowest BCUT2D eigenvalue weighted by Crippen LogP contribution is -2.29. The number of aliphatic imine (C=N–C) groups is 1. The van der Waals surface area contributed by atoms with Gasteiger partial charge in [-0.15, -0.1) is 0 Å². The van der Waals surface area contributed by atoms with Gasteiger partial charge in [-0.05, 0) is 6.07 Å². The first-order valence-corrected chi connectivity index (χ1v) is 3.78. The molecule has 0 saturated heterocycles. The Labute approximate surface area is 70.3 Å². The molecule has 1 atom stereocenters. The molecule has 1 heterocycles. The van der Waals surface area contributed by atoms with Gasteiger partial charge in [0.05, 0.1) is 0 Å². The van der Waals surface area contributed by atoms with Gasteiger partial charge in [-0.2, -0.15) is 4.39 Å². The van der Waals surface area contributed by atoms with Crippen LogP contribution in [0, 0.1) is 0 Å². The zero-order valence-corrected chi connectivity index (χ0v) is 6.74. The number of rotatable bonds is 0. The number of benzene rings is 1. The van der Waals surface area contributed by atoms with Crippen molar-refractivity contribution >= 4 is 11.9 Å². The summed E-state index contributed by atoms with van der Waals surface area (Å²) in [5, 5.41) is 0. The van der Waals surface area contributed by atoms with E-state index in [0.29, 0.717) is 0 Å². The second-order valence-corrected chi connectivity index (χ2v) is 2.76. The molecule has 0 spiro atoms. The van der Waals surface area contributed by atoms with Gasteiger partial charge < -0.3 is 4.90 Å². The highest BCUT2D eigenvalue weighted by molar-refractivity contribution is 5.89. The maximum atomic E-state index is 13.0. The number of halogens is 1. The van der Waals surface area contributed by atoms with Crippen molar-refractivity contribution in [3.8, 4) is 0 Å². The van der Waals surface area contributed by atoms with Gasteiger partial charge in [0.2, 0.25) is 0 Å². The first kappa shape index (κ1) is 7.28. The summed E-state index contributed by atoms with van der Waals surface area (Å²) in [6.45, 7) is 0. The highest BCUT2D eigenvalue weighted by Crippen LogP contribution is 2.23. The number of hydrogen-bond acceptors (Lipinski definition) is 2. The number of para-hydroxylation sites is 1. The minimum Gasteiger partial charge on any atom is -0.326 e. The van der Waals surface area contributed by atoms with Gasteiger partial charge in [0.1, 0.15) is 0 Å². The molecule has 2 rings (SSSR count). The first-order valence-electron chi connectivity index (χ1n) is 3.78. The molecular formula is C9H9FN2. The maximum absolute atomic E-state index is 13.0. The van der Waals surface area contributed by atoms with Crippen LogP contribution < -0.4 is 4.90 Å². The number of hydrogen-bond donors (Lipinski definition) is 0. The average molecular weight is 164 g/mol.